The third-order valence-corrected chi connectivity index (χ3v) is 3.88. The van der Waals surface area contributed by atoms with Crippen LogP contribution in [0.3, 0.4) is 0 Å². The number of rotatable bonds is 4. The molecule has 0 N–H and O–H groups in total. The molecule has 0 fully saturated rings. The highest BCUT2D eigenvalue weighted by Gasteiger charge is 2.24. The van der Waals surface area contributed by atoms with Crippen LogP contribution >= 0.6 is 0 Å². The molecule has 0 radical (unpaired) electrons. The molecule has 2 aromatic rings. The van der Waals surface area contributed by atoms with E-state index in [4.69, 9.17) is 4.74 Å². The van der Waals surface area contributed by atoms with Crippen molar-refractivity contribution in [1.82, 2.24) is 0 Å². The third kappa shape index (κ3) is 2.70. The number of carbonyl (C=O) groups excluding carboxylic acids is 2. The van der Waals surface area contributed by atoms with Gasteiger partial charge in [-0.25, -0.2) is 0 Å². The topological polar surface area (TPSA) is 43.4 Å². The van der Waals surface area contributed by atoms with E-state index in [0.717, 1.165) is 17.7 Å². The van der Waals surface area contributed by atoms with Crippen molar-refractivity contribution >= 4 is 11.6 Å². The van der Waals surface area contributed by atoms with Gasteiger partial charge in [0.15, 0.2) is 11.6 Å². The van der Waals surface area contributed by atoms with Crippen LogP contribution in [0.15, 0.2) is 60.2 Å². The van der Waals surface area contributed by atoms with Crippen molar-refractivity contribution in [2.45, 2.75) is 12.8 Å². The monoisotopic (exact) mass is 292 g/mol. The van der Waals surface area contributed by atoms with Crippen LogP contribution in [-0.4, -0.2) is 18.7 Å². The molecule has 0 heterocycles. The van der Waals surface area contributed by atoms with E-state index < -0.39 is 0 Å². The summed E-state index contributed by atoms with van der Waals surface area (Å²) in [5, 5.41) is 0. The summed E-state index contributed by atoms with van der Waals surface area (Å²) in [5.74, 6) is 0.685. The molecule has 3 heteroatoms. The molecule has 1 aliphatic rings. The van der Waals surface area contributed by atoms with Gasteiger partial charge in [0.1, 0.15) is 5.75 Å². The Bertz CT molecular complexity index is 755. The Kier molecular flexibility index (Phi) is 3.88. The lowest BCUT2D eigenvalue weighted by Gasteiger charge is -2.14. The first kappa shape index (κ1) is 14.3. The predicted molar refractivity (Wildman–Crippen MR) is 84.5 cm³/mol. The second kappa shape index (κ2) is 5.98. The third-order valence-electron chi connectivity index (χ3n) is 3.88. The number of Topliss-reactive ketones (excluding diaryl/α,β-unsaturated/α-hetero) is 1. The van der Waals surface area contributed by atoms with E-state index in [1.165, 1.54) is 6.08 Å². The fourth-order valence-corrected chi connectivity index (χ4v) is 2.63. The molecule has 110 valence electrons. The van der Waals surface area contributed by atoms with Crippen molar-refractivity contribution in [1.29, 1.82) is 0 Å². The lowest BCUT2D eigenvalue weighted by atomic mass is 9.87. The van der Waals surface area contributed by atoms with Gasteiger partial charge in [0, 0.05) is 16.7 Å². The zero-order chi connectivity index (χ0) is 15.5. The average Bonchev–Trinajstić information content (AvgIpc) is 2.57. The summed E-state index contributed by atoms with van der Waals surface area (Å²) in [6.45, 7) is 0. The molecule has 0 bridgehead atoms. The largest absolute Gasteiger partial charge is 0.497 e. The second-order valence-electron chi connectivity index (χ2n) is 5.26. The number of aryl methyl sites for hydroxylation is 1. The minimum absolute atomic E-state index is 0.0382. The van der Waals surface area contributed by atoms with Crippen LogP contribution < -0.4 is 4.74 Å². The standard InChI is InChI=1S/C19H16O3/c1-22-15-10-7-13(8-11-15)6-9-14-12-18(20)16-4-2-3-5-17(16)19(14)21/h2-5,7-8,10-12H,6,9H2,1H3. The van der Waals surface area contributed by atoms with Crippen LogP contribution in [0.25, 0.3) is 0 Å². The van der Waals surface area contributed by atoms with Gasteiger partial charge in [-0.15, -0.1) is 0 Å². The number of ether oxygens (including phenoxy) is 1. The van der Waals surface area contributed by atoms with E-state index in [-0.39, 0.29) is 11.6 Å². The smallest absolute Gasteiger partial charge is 0.189 e. The van der Waals surface area contributed by atoms with E-state index in [2.05, 4.69) is 0 Å². The van der Waals surface area contributed by atoms with Crippen LogP contribution in [0, 0.1) is 0 Å². The number of fused-ring (bicyclic) bond motifs is 1. The van der Waals surface area contributed by atoms with Gasteiger partial charge in [0.25, 0.3) is 0 Å². The number of hydrogen-bond donors (Lipinski definition) is 0. The summed E-state index contributed by atoms with van der Waals surface area (Å²) in [4.78, 5) is 24.5. The first-order valence-electron chi connectivity index (χ1n) is 7.20. The van der Waals surface area contributed by atoms with E-state index in [1.807, 2.05) is 24.3 Å². The molecule has 1 aliphatic carbocycles. The number of ketones is 2. The number of carbonyl (C=O) groups is 2. The van der Waals surface area contributed by atoms with Crippen LogP contribution in [-0.2, 0) is 6.42 Å². The summed E-state index contributed by atoms with van der Waals surface area (Å²) in [7, 11) is 1.63. The van der Waals surface area contributed by atoms with Crippen molar-refractivity contribution in [3.05, 3.63) is 76.9 Å². The van der Waals surface area contributed by atoms with Gasteiger partial charge in [-0.05, 0) is 36.6 Å². The van der Waals surface area contributed by atoms with Gasteiger partial charge in [-0.1, -0.05) is 36.4 Å². The maximum absolute atomic E-state index is 12.4. The highest BCUT2D eigenvalue weighted by Crippen LogP contribution is 2.24. The van der Waals surface area contributed by atoms with Crippen molar-refractivity contribution < 1.29 is 14.3 Å². The normalized spacial score (nSPS) is 13.6. The van der Waals surface area contributed by atoms with Gasteiger partial charge in [0.05, 0.1) is 7.11 Å². The van der Waals surface area contributed by atoms with Gasteiger partial charge in [-0.3, -0.25) is 9.59 Å². The summed E-state index contributed by atoms with van der Waals surface area (Å²) in [6.07, 6.45) is 2.76. The summed E-state index contributed by atoms with van der Waals surface area (Å²) in [5.41, 5.74) is 2.71. The van der Waals surface area contributed by atoms with E-state index in [0.29, 0.717) is 23.1 Å². The van der Waals surface area contributed by atoms with Gasteiger partial charge in [0.2, 0.25) is 0 Å². The lowest BCUT2D eigenvalue weighted by molar-refractivity contribution is 0.0981. The van der Waals surface area contributed by atoms with Gasteiger partial charge >= 0.3 is 0 Å². The van der Waals surface area contributed by atoms with Crippen molar-refractivity contribution in [2.75, 3.05) is 7.11 Å². The Balaban J connectivity index is 1.76. The van der Waals surface area contributed by atoms with Crippen LogP contribution in [0.1, 0.15) is 32.7 Å². The number of methoxy groups -OCH3 is 1. The summed E-state index contributed by atoms with van der Waals surface area (Å²) < 4.78 is 5.12. The first-order chi connectivity index (χ1) is 10.7. The zero-order valence-corrected chi connectivity index (χ0v) is 12.3. The molecule has 0 aliphatic heterocycles. The Morgan fingerprint density at radius 2 is 1.55 bits per heavy atom. The van der Waals surface area contributed by atoms with Crippen molar-refractivity contribution in [3.63, 3.8) is 0 Å². The highest BCUT2D eigenvalue weighted by molar-refractivity contribution is 6.24. The first-order valence-corrected chi connectivity index (χ1v) is 7.20. The van der Waals surface area contributed by atoms with Crippen LogP contribution in [0.4, 0.5) is 0 Å². The van der Waals surface area contributed by atoms with E-state index in [1.54, 1.807) is 31.4 Å². The molecule has 0 saturated carbocycles. The average molecular weight is 292 g/mol. The van der Waals surface area contributed by atoms with E-state index >= 15 is 0 Å². The van der Waals surface area contributed by atoms with Gasteiger partial charge in [-0.2, -0.15) is 0 Å². The minimum atomic E-state index is -0.0834. The van der Waals surface area contributed by atoms with E-state index in [9.17, 15) is 9.59 Å². The van der Waals surface area contributed by atoms with Crippen LogP contribution in [0.2, 0.25) is 0 Å². The number of allylic oxidation sites excluding steroid dienone is 2. The molecule has 0 amide bonds. The number of benzene rings is 2. The Labute approximate surface area is 129 Å². The zero-order valence-electron chi connectivity index (χ0n) is 12.3. The summed E-state index contributed by atoms with van der Waals surface area (Å²) in [6, 6.07) is 14.7. The SMILES string of the molecule is COc1ccc(CCC2=CC(=O)c3ccccc3C2=O)cc1. The Morgan fingerprint density at radius 3 is 2.23 bits per heavy atom. The maximum atomic E-state index is 12.4. The molecule has 0 spiro atoms. The maximum Gasteiger partial charge on any atom is 0.189 e. The Hall–Kier alpha value is -2.68. The molecule has 22 heavy (non-hydrogen) atoms. The Morgan fingerprint density at radius 1 is 0.864 bits per heavy atom. The molecular weight excluding hydrogens is 276 g/mol. The number of hydrogen-bond acceptors (Lipinski definition) is 3. The minimum Gasteiger partial charge on any atom is -0.497 e. The molecule has 2 aromatic carbocycles. The molecule has 0 aromatic heterocycles. The van der Waals surface area contributed by atoms with Gasteiger partial charge < -0.3 is 4.74 Å². The van der Waals surface area contributed by atoms with Crippen molar-refractivity contribution in [3.8, 4) is 5.75 Å². The highest BCUT2D eigenvalue weighted by atomic mass is 16.5. The molecule has 3 nitrogen and oxygen atoms in total. The fraction of sp³-hybridized carbons (Fsp3) is 0.158. The predicted octanol–water partition coefficient (Wildman–Crippen LogP) is 3.63. The summed E-state index contributed by atoms with van der Waals surface area (Å²) >= 11 is 0. The second-order valence-corrected chi connectivity index (χ2v) is 5.26. The van der Waals surface area contributed by atoms with Crippen LogP contribution in [0.5, 0.6) is 5.75 Å². The quantitative estimate of drug-likeness (QED) is 0.864. The lowest BCUT2D eigenvalue weighted by Crippen LogP contribution is -2.17. The molecule has 0 atom stereocenters. The molecule has 0 saturated heterocycles. The molecule has 3 rings (SSSR count). The molecule has 0 unspecified atom stereocenters. The van der Waals surface area contributed by atoms with Crippen molar-refractivity contribution in [2.24, 2.45) is 0 Å². The fourth-order valence-electron chi connectivity index (χ4n) is 2.63. The molecular formula is C19H16O3.